The highest BCUT2D eigenvalue weighted by Gasteiger charge is 2.09. The SMILES string of the molecule is Cc1csc(CC(N)Cc2csc(C)n2)n1. The van der Waals surface area contributed by atoms with Crippen LogP contribution in [0.5, 0.6) is 0 Å². The van der Waals surface area contributed by atoms with E-state index in [2.05, 4.69) is 20.7 Å². The first kappa shape index (κ1) is 11.7. The molecule has 0 saturated heterocycles. The quantitative estimate of drug-likeness (QED) is 0.910. The van der Waals surface area contributed by atoms with Crippen molar-refractivity contribution in [3.05, 3.63) is 32.2 Å². The van der Waals surface area contributed by atoms with Gasteiger partial charge in [0.1, 0.15) is 0 Å². The predicted octanol–water partition coefficient (Wildman–Crippen LogP) is 2.33. The molecule has 2 N–H and O–H groups in total. The molecule has 0 amide bonds. The molecule has 2 aromatic rings. The Labute approximate surface area is 103 Å². The van der Waals surface area contributed by atoms with Crippen molar-refractivity contribution >= 4 is 22.7 Å². The maximum atomic E-state index is 6.09. The maximum Gasteiger partial charge on any atom is 0.0943 e. The standard InChI is InChI=1S/C11H15N3S2/c1-7-5-16-11(13-7)4-9(12)3-10-6-15-8(2)14-10/h5-6,9H,3-4,12H2,1-2H3. The second kappa shape index (κ2) is 5.03. The van der Waals surface area contributed by atoms with E-state index < -0.39 is 0 Å². The topological polar surface area (TPSA) is 51.8 Å². The third-order valence-electron chi connectivity index (χ3n) is 2.24. The summed E-state index contributed by atoms with van der Waals surface area (Å²) in [5.74, 6) is 0. The van der Waals surface area contributed by atoms with Crippen LogP contribution in [0.15, 0.2) is 10.8 Å². The smallest absolute Gasteiger partial charge is 0.0943 e. The van der Waals surface area contributed by atoms with E-state index in [0.29, 0.717) is 0 Å². The zero-order valence-electron chi connectivity index (χ0n) is 9.43. The van der Waals surface area contributed by atoms with Gasteiger partial charge in [0, 0.05) is 35.3 Å². The van der Waals surface area contributed by atoms with Crippen LogP contribution in [-0.4, -0.2) is 16.0 Å². The molecule has 2 aromatic heterocycles. The van der Waals surface area contributed by atoms with Gasteiger partial charge >= 0.3 is 0 Å². The van der Waals surface area contributed by atoms with E-state index in [1.807, 2.05) is 13.8 Å². The Morgan fingerprint density at radius 1 is 1.19 bits per heavy atom. The summed E-state index contributed by atoms with van der Waals surface area (Å²) < 4.78 is 0. The van der Waals surface area contributed by atoms with Crippen LogP contribution in [0.2, 0.25) is 0 Å². The molecule has 0 aromatic carbocycles. The fourth-order valence-electron chi connectivity index (χ4n) is 1.56. The minimum Gasteiger partial charge on any atom is -0.327 e. The van der Waals surface area contributed by atoms with Gasteiger partial charge in [0.25, 0.3) is 0 Å². The van der Waals surface area contributed by atoms with Gasteiger partial charge in [-0.2, -0.15) is 0 Å². The molecule has 0 spiro atoms. The van der Waals surface area contributed by atoms with E-state index >= 15 is 0 Å². The van der Waals surface area contributed by atoms with E-state index in [1.165, 1.54) is 0 Å². The zero-order valence-corrected chi connectivity index (χ0v) is 11.1. The average Bonchev–Trinajstić information content (AvgIpc) is 2.76. The lowest BCUT2D eigenvalue weighted by molar-refractivity contribution is 0.653. The average molecular weight is 253 g/mol. The van der Waals surface area contributed by atoms with Crippen molar-refractivity contribution < 1.29 is 0 Å². The molecule has 16 heavy (non-hydrogen) atoms. The number of aromatic nitrogens is 2. The minimum atomic E-state index is 0.118. The summed E-state index contributed by atoms with van der Waals surface area (Å²) in [5, 5.41) is 6.38. The molecule has 0 bridgehead atoms. The summed E-state index contributed by atoms with van der Waals surface area (Å²) in [7, 11) is 0. The Hall–Kier alpha value is -0.780. The molecular weight excluding hydrogens is 238 g/mol. The lowest BCUT2D eigenvalue weighted by Crippen LogP contribution is -2.25. The highest BCUT2D eigenvalue weighted by Crippen LogP contribution is 2.14. The predicted molar refractivity (Wildman–Crippen MR) is 69.1 cm³/mol. The van der Waals surface area contributed by atoms with Crippen LogP contribution in [0.25, 0.3) is 0 Å². The molecule has 0 radical (unpaired) electrons. The normalized spacial score (nSPS) is 12.9. The molecule has 0 aliphatic heterocycles. The Kier molecular flexibility index (Phi) is 3.68. The van der Waals surface area contributed by atoms with Crippen LogP contribution in [0.1, 0.15) is 21.4 Å². The number of hydrogen-bond acceptors (Lipinski definition) is 5. The largest absolute Gasteiger partial charge is 0.327 e. The van der Waals surface area contributed by atoms with Gasteiger partial charge in [-0.3, -0.25) is 0 Å². The molecule has 0 aliphatic rings. The molecule has 0 saturated carbocycles. The fraction of sp³-hybridized carbons (Fsp3) is 0.455. The second-order valence-corrected chi connectivity index (χ2v) is 5.91. The number of rotatable bonds is 4. The number of aryl methyl sites for hydroxylation is 2. The Morgan fingerprint density at radius 3 is 2.56 bits per heavy atom. The van der Waals surface area contributed by atoms with Gasteiger partial charge in [0.05, 0.1) is 15.7 Å². The molecule has 86 valence electrons. The van der Waals surface area contributed by atoms with E-state index in [-0.39, 0.29) is 6.04 Å². The highest BCUT2D eigenvalue weighted by atomic mass is 32.1. The number of hydrogen-bond donors (Lipinski definition) is 1. The highest BCUT2D eigenvalue weighted by molar-refractivity contribution is 7.09. The van der Waals surface area contributed by atoms with Crippen LogP contribution in [0, 0.1) is 13.8 Å². The van der Waals surface area contributed by atoms with E-state index in [4.69, 9.17) is 5.73 Å². The monoisotopic (exact) mass is 253 g/mol. The molecule has 0 aliphatic carbocycles. The molecular formula is C11H15N3S2. The molecule has 5 heteroatoms. The first-order valence-corrected chi connectivity index (χ1v) is 6.97. The first-order chi connectivity index (χ1) is 7.63. The van der Waals surface area contributed by atoms with Crippen molar-refractivity contribution in [2.75, 3.05) is 0 Å². The van der Waals surface area contributed by atoms with Crippen LogP contribution in [-0.2, 0) is 12.8 Å². The lowest BCUT2D eigenvalue weighted by atomic mass is 10.1. The Bertz CT molecular complexity index is 419. The maximum absolute atomic E-state index is 6.09. The summed E-state index contributed by atoms with van der Waals surface area (Å²) in [5.41, 5.74) is 8.27. The Balaban J connectivity index is 1.91. The first-order valence-electron chi connectivity index (χ1n) is 5.21. The van der Waals surface area contributed by atoms with E-state index in [9.17, 15) is 0 Å². The molecule has 2 heterocycles. The number of thiazole rings is 2. The van der Waals surface area contributed by atoms with Gasteiger partial charge in [-0.15, -0.1) is 22.7 Å². The van der Waals surface area contributed by atoms with Crippen molar-refractivity contribution in [1.29, 1.82) is 0 Å². The van der Waals surface area contributed by atoms with Crippen LogP contribution in [0.4, 0.5) is 0 Å². The second-order valence-electron chi connectivity index (χ2n) is 3.91. The molecule has 2 rings (SSSR count). The summed E-state index contributed by atoms with van der Waals surface area (Å²) in [6.45, 7) is 4.03. The van der Waals surface area contributed by atoms with Gasteiger partial charge in [-0.1, -0.05) is 0 Å². The summed E-state index contributed by atoms with van der Waals surface area (Å²) in [6.07, 6.45) is 1.68. The fourth-order valence-corrected chi connectivity index (χ4v) is 3.06. The van der Waals surface area contributed by atoms with Crippen molar-refractivity contribution in [3.8, 4) is 0 Å². The lowest BCUT2D eigenvalue weighted by Gasteiger charge is -2.07. The van der Waals surface area contributed by atoms with Crippen LogP contribution in [0.3, 0.4) is 0 Å². The summed E-state index contributed by atoms with van der Waals surface area (Å²) in [6, 6.07) is 0.118. The van der Waals surface area contributed by atoms with Crippen molar-refractivity contribution in [2.45, 2.75) is 32.7 Å². The van der Waals surface area contributed by atoms with Gasteiger partial charge in [-0.25, -0.2) is 9.97 Å². The summed E-state index contributed by atoms with van der Waals surface area (Å²) >= 11 is 3.36. The Morgan fingerprint density at radius 2 is 2.00 bits per heavy atom. The number of nitrogens with two attached hydrogens (primary N) is 1. The zero-order chi connectivity index (χ0) is 11.5. The number of nitrogens with zero attached hydrogens (tertiary/aromatic N) is 2. The summed E-state index contributed by atoms with van der Waals surface area (Å²) in [4.78, 5) is 8.84. The molecule has 1 unspecified atom stereocenters. The van der Waals surface area contributed by atoms with Crippen LogP contribution < -0.4 is 5.73 Å². The molecule has 1 atom stereocenters. The van der Waals surface area contributed by atoms with Gasteiger partial charge in [0.15, 0.2) is 0 Å². The van der Waals surface area contributed by atoms with Gasteiger partial charge in [-0.05, 0) is 13.8 Å². The van der Waals surface area contributed by atoms with Crippen molar-refractivity contribution in [1.82, 2.24) is 9.97 Å². The molecule has 3 nitrogen and oxygen atoms in total. The van der Waals surface area contributed by atoms with Crippen molar-refractivity contribution in [2.24, 2.45) is 5.73 Å². The van der Waals surface area contributed by atoms with E-state index in [1.54, 1.807) is 22.7 Å². The van der Waals surface area contributed by atoms with Crippen LogP contribution >= 0.6 is 22.7 Å². The minimum absolute atomic E-state index is 0.118. The third-order valence-corrected chi connectivity index (χ3v) is 4.05. The third kappa shape index (κ3) is 3.10. The van der Waals surface area contributed by atoms with Crippen molar-refractivity contribution in [3.63, 3.8) is 0 Å². The molecule has 0 fully saturated rings. The van der Waals surface area contributed by atoms with Gasteiger partial charge in [0.2, 0.25) is 0 Å². The van der Waals surface area contributed by atoms with Gasteiger partial charge < -0.3 is 5.73 Å². The van der Waals surface area contributed by atoms with E-state index in [0.717, 1.165) is 34.2 Å².